The molecule has 1 aliphatic rings. The second kappa shape index (κ2) is 6.26. The normalized spacial score (nSPS) is 27.0. The largest absolute Gasteiger partial charge is 0.330 e. The average molecular weight is 277 g/mol. The number of hydrogen-bond acceptors (Lipinski definition) is 1. The van der Waals surface area contributed by atoms with Gasteiger partial charge in [0.05, 0.1) is 0 Å². The summed E-state index contributed by atoms with van der Waals surface area (Å²) in [5.41, 5.74) is 8.67. The van der Waals surface area contributed by atoms with E-state index in [-0.39, 0.29) is 11.2 Å². The molecule has 1 aliphatic carbocycles. The minimum atomic E-state index is -0.142. The second-order valence-corrected chi connectivity index (χ2v) is 7.03. The fraction of sp³-hybridized carbons (Fsp3) is 0.667. The predicted molar refractivity (Wildman–Crippen MR) is 83.1 cm³/mol. The Morgan fingerprint density at radius 3 is 2.45 bits per heavy atom. The number of rotatable bonds is 4. The summed E-state index contributed by atoms with van der Waals surface area (Å²) in [7, 11) is 0. The van der Waals surface area contributed by atoms with Gasteiger partial charge in [0, 0.05) is 0 Å². The van der Waals surface area contributed by atoms with Crippen LogP contribution in [0.4, 0.5) is 4.39 Å². The Bertz CT molecular complexity index is 445. The molecule has 20 heavy (non-hydrogen) atoms. The Balaban J connectivity index is 2.09. The third-order valence-electron chi connectivity index (χ3n) is 5.34. The van der Waals surface area contributed by atoms with Crippen molar-refractivity contribution in [2.75, 3.05) is 6.54 Å². The maximum atomic E-state index is 13.2. The summed E-state index contributed by atoms with van der Waals surface area (Å²) in [6, 6.07) is 5.15. The van der Waals surface area contributed by atoms with Crippen molar-refractivity contribution < 1.29 is 4.39 Å². The Kier molecular flexibility index (Phi) is 4.85. The molecule has 0 radical (unpaired) electrons. The fourth-order valence-electron chi connectivity index (χ4n) is 3.63. The van der Waals surface area contributed by atoms with E-state index in [0.717, 1.165) is 30.4 Å². The summed E-state index contributed by atoms with van der Waals surface area (Å²) >= 11 is 0. The quantitative estimate of drug-likeness (QED) is 0.863. The van der Waals surface area contributed by atoms with E-state index in [0.29, 0.717) is 0 Å². The van der Waals surface area contributed by atoms with Gasteiger partial charge in [-0.15, -0.1) is 0 Å². The highest BCUT2D eigenvalue weighted by Gasteiger charge is 2.35. The first-order valence-electron chi connectivity index (χ1n) is 7.91. The summed E-state index contributed by atoms with van der Waals surface area (Å²) in [6.45, 7) is 7.39. The zero-order valence-corrected chi connectivity index (χ0v) is 13.1. The second-order valence-electron chi connectivity index (χ2n) is 7.03. The molecule has 1 nitrogen and oxygen atoms in total. The fourth-order valence-corrected chi connectivity index (χ4v) is 3.63. The maximum absolute atomic E-state index is 13.2. The number of hydrogen-bond donors (Lipinski definition) is 1. The van der Waals surface area contributed by atoms with Crippen molar-refractivity contribution in [2.45, 2.75) is 52.9 Å². The van der Waals surface area contributed by atoms with Crippen molar-refractivity contribution in [3.8, 4) is 0 Å². The van der Waals surface area contributed by atoms with Crippen LogP contribution in [0.2, 0.25) is 0 Å². The van der Waals surface area contributed by atoms with Crippen molar-refractivity contribution in [3.05, 3.63) is 35.1 Å². The minimum Gasteiger partial charge on any atom is -0.330 e. The van der Waals surface area contributed by atoms with Gasteiger partial charge in [-0.1, -0.05) is 19.9 Å². The highest BCUT2D eigenvalue weighted by molar-refractivity contribution is 5.28. The van der Waals surface area contributed by atoms with Crippen molar-refractivity contribution in [1.82, 2.24) is 0 Å². The first-order valence-corrected chi connectivity index (χ1v) is 7.91. The molecular formula is C18H28FN. The van der Waals surface area contributed by atoms with E-state index in [1.54, 1.807) is 12.1 Å². The molecule has 0 saturated heterocycles. The first kappa shape index (κ1) is 15.5. The SMILES string of the molecule is Cc1cc(F)ccc1CC1(CN)CCC(C(C)C)CC1. The number of benzene rings is 1. The van der Waals surface area contributed by atoms with Crippen LogP contribution in [0.1, 0.15) is 50.7 Å². The highest BCUT2D eigenvalue weighted by atomic mass is 19.1. The van der Waals surface area contributed by atoms with Gasteiger partial charge in [-0.3, -0.25) is 0 Å². The van der Waals surface area contributed by atoms with E-state index in [1.165, 1.54) is 31.2 Å². The Morgan fingerprint density at radius 1 is 1.30 bits per heavy atom. The average Bonchev–Trinajstić information content (AvgIpc) is 2.42. The van der Waals surface area contributed by atoms with Crippen LogP contribution in [0.15, 0.2) is 18.2 Å². The van der Waals surface area contributed by atoms with E-state index < -0.39 is 0 Å². The summed E-state index contributed by atoms with van der Waals surface area (Å²) < 4.78 is 13.2. The van der Waals surface area contributed by atoms with Crippen molar-refractivity contribution in [1.29, 1.82) is 0 Å². The van der Waals surface area contributed by atoms with E-state index >= 15 is 0 Å². The van der Waals surface area contributed by atoms with Crippen LogP contribution < -0.4 is 5.73 Å². The molecule has 1 saturated carbocycles. The van der Waals surface area contributed by atoms with E-state index in [2.05, 4.69) is 13.8 Å². The lowest BCUT2D eigenvalue weighted by Crippen LogP contribution is -2.37. The van der Waals surface area contributed by atoms with Gasteiger partial charge in [0.1, 0.15) is 5.82 Å². The van der Waals surface area contributed by atoms with Crippen LogP contribution in [-0.4, -0.2) is 6.54 Å². The smallest absolute Gasteiger partial charge is 0.123 e. The molecule has 0 spiro atoms. The van der Waals surface area contributed by atoms with Gasteiger partial charge >= 0.3 is 0 Å². The van der Waals surface area contributed by atoms with Gasteiger partial charge in [-0.2, -0.15) is 0 Å². The Morgan fingerprint density at radius 2 is 1.95 bits per heavy atom. The lowest BCUT2D eigenvalue weighted by Gasteiger charge is -2.41. The molecule has 0 amide bonds. The molecule has 0 heterocycles. The van der Waals surface area contributed by atoms with Gasteiger partial charge in [-0.25, -0.2) is 4.39 Å². The zero-order chi connectivity index (χ0) is 14.8. The van der Waals surface area contributed by atoms with Crippen LogP contribution in [-0.2, 0) is 6.42 Å². The predicted octanol–water partition coefficient (Wildman–Crippen LogP) is 4.47. The van der Waals surface area contributed by atoms with Crippen LogP contribution in [0.25, 0.3) is 0 Å². The monoisotopic (exact) mass is 277 g/mol. The summed E-state index contributed by atoms with van der Waals surface area (Å²) in [5.74, 6) is 1.49. The lowest BCUT2D eigenvalue weighted by molar-refractivity contribution is 0.132. The lowest BCUT2D eigenvalue weighted by atomic mass is 9.65. The van der Waals surface area contributed by atoms with E-state index in [4.69, 9.17) is 5.73 Å². The zero-order valence-electron chi connectivity index (χ0n) is 13.1. The molecule has 0 unspecified atom stereocenters. The Labute approximate surface area is 122 Å². The molecule has 0 aromatic heterocycles. The van der Waals surface area contributed by atoms with Gasteiger partial charge < -0.3 is 5.73 Å². The van der Waals surface area contributed by atoms with Gasteiger partial charge in [-0.05, 0) is 86.1 Å². The van der Waals surface area contributed by atoms with Gasteiger partial charge in [0.2, 0.25) is 0 Å². The Hall–Kier alpha value is -0.890. The number of aryl methyl sites for hydroxylation is 1. The topological polar surface area (TPSA) is 26.0 Å². The minimum absolute atomic E-state index is 0.142. The van der Waals surface area contributed by atoms with Gasteiger partial charge in [0.25, 0.3) is 0 Å². The van der Waals surface area contributed by atoms with Crippen LogP contribution in [0, 0.1) is 30.0 Å². The number of halogens is 1. The molecule has 0 aliphatic heterocycles. The molecule has 1 fully saturated rings. The molecule has 2 N–H and O–H groups in total. The van der Waals surface area contributed by atoms with Gasteiger partial charge in [0.15, 0.2) is 0 Å². The molecule has 2 rings (SSSR count). The first-order chi connectivity index (χ1) is 9.46. The van der Waals surface area contributed by atoms with Crippen LogP contribution in [0.3, 0.4) is 0 Å². The van der Waals surface area contributed by atoms with E-state index in [1.807, 2.05) is 13.0 Å². The van der Waals surface area contributed by atoms with Crippen molar-refractivity contribution in [3.63, 3.8) is 0 Å². The highest BCUT2D eigenvalue weighted by Crippen LogP contribution is 2.43. The van der Waals surface area contributed by atoms with Crippen molar-refractivity contribution >= 4 is 0 Å². The summed E-state index contributed by atoms with van der Waals surface area (Å²) in [4.78, 5) is 0. The molecular weight excluding hydrogens is 249 g/mol. The molecule has 1 aromatic rings. The van der Waals surface area contributed by atoms with E-state index in [9.17, 15) is 4.39 Å². The molecule has 0 atom stereocenters. The molecule has 112 valence electrons. The molecule has 1 aromatic carbocycles. The third-order valence-corrected chi connectivity index (χ3v) is 5.34. The maximum Gasteiger partial charge on any atom is 0.123 e. The number of nitrogens with two attached hydrogens (primary N) is 1. The third kappa shape index (κ3) is 3.41. The summed E-state index contributed by atoms with van der Waals surface area (Å²) in [5, 5.41) is 0. The van der Waals surface area contributed by atoms with Crippen molar-refractivity contribution in [2.24, 2.45) is 23.0 Å². The molecule has 0 bridgehead atoms. The standard InChI is InChI=1S/C18H28FN/c1-13(2)15-6-8-18(12-20,9-7-15)11-16-4-5-17(19)10-14(16)3/h4-5,10,13,15H,6-9,11-12,20H2,1-3H3. The molecule has 2 heteroatoms. The van der Waals surface area contributed by atoms with Crippen LogP contribution >= 0.6 is 0 Å². The summed E-state index contributed by atoms with van der Waals surface area (Å²) in [6.07, 6.45) is 6.00. The van der Waals surface area contributed by atoms with Crippen LogP contribution in [0.5, 0.6) is 0 Å².